The first-order valence-corrected chi connectivity index (χ1v) is 8.99. The number of hydrogen-bond acceptors (Lipinski definition) is 5. The number of ketones is 1. The molecule has 0 atom stereocenters. The fraction of sp³-hybridized carbons (Fsp3) is 0.143. The minimum absolute atomic E-state index is 0.00400. The Balaban J connectivity index is 2.09. The molecule has 10 heteroatoms. The highest BCUT2D eigenvalue weighted by Gasteiger charge is 2.23. The van der Waals surface area contributed by atoms with Crippen LogP contribution < -0.4 is 16.0 Å². The molecule has 0 aliphatic heterocycles. The number of benzene rings is 2. The molecule has 0 aliphatic carbocycles. The number of halogens is 4. The fourth-order valence-electron chi connectivity index (χ4n) is 2.89. The first-order valence-electron chi connectivity index (χ1n) is 8.99. The van der Waals surface area contributed by atoms with Crippen LogP contribution in [-0.4, -0.2) is 28.7 Å². The normalized spacial score (nSPS) is 10.9. The quantitative estimate of drug-likeness (QED) is 0.337. The van der Waals surface area contributed by atoms with Gasteiger partial charge in [-0.3, -0.25) is 14.2 Å². The molecule has 0 radical (unpaired) electrons. The zero-order chi connectivity index (χ0) is 22.7. The molecule has 0 aliphatic rings. The number of aliphatic hydroxyl groups is 1. The second-order valence-corrected chi connectivity index (χ2v) is 6.42. The van der Waals surface area contributed by atoms with Crippen molar-refractivity contribution in [3.05, 3.63) is 87.2 Å². The van der Waals surface area contributed by atoms with E-state index in [1.807, 2.05) is 0 Å². The van der Waals surface area contributed by atoms with Gasteiger partial charge in [0.15, 0.2) is 17.4 Å². The number of carbonyl (C=O) groups excluding carboxylic acids is 1. The Hall–Kier alpha value is -3.66. The van der Waals surface area contributed by atoms with E-state index >= 15 is 0 Å². The van der Waals surface area contributed by atoms with Gasteiger partial charge in [0.25, 0.3) is 5.56 Å². The van der Waals surface area contributed by atoms with Crippen molar-refractivity contribution in [1.29, 1.82) is 0 Å². The highest BCUT2D eigenvalue weighted by molar-refractivity contribution is 6.11. The maximum Gasteiger partial charge on any atom is 0.256 e. The number of anilines is 1. The van der Waals surface area contributed by atoms with E-state index < -0.39 is 57.2 Å². The Morgan fingerprint density at radius 1 is 0.968 bits per heavy atom. The number of nitrogens with two attached hydrogens (primary N) is 1. The molecule has 3 N–H and O–H groups in total. The lowest BCUT2D eigenvalue weighted by Crippen LogP contribution is -2.25. The fourth-order valence-corrected chi connectivity index (χ4v) is 2.89. The molecule has 0 amide bonds. The van der Waals surface area contributed by atoms with E-state index in [2.05, 4.69) is 0 Å². The van der Waals surface area contributed by atoms with E-state index in [0.717, 1.165) is 36.4 Å². The summed E-state index contributed by atoms with van der Waals surface area (Å²) in [6.45, 7) is -0.172. The third kappa shape index (κ3) is 4.43. The number of carbonyl (C=O) groups is 1. The van der Waals surface area contributed by atoms with Crippen molar-refractivity contribution in [3.63, 3.8) is 0 Å². The number of hydrogen-bond donors (Lipinski definition) is 2. The Bertz CT molecular complexity index is 1190. The maximum atomic E-state index is 14.7. The van der Waals surface area contributed by atoms with Crippen molar-refractivity contribution < 1.29 is 32.2 Å². The predicted octanol–water partition coefficient (Wildman–Crippen LogP) is 2.97. The maximum absolute atomic E-state index is 14.7. The molecule has 0 bridgehead atoms. The van der Waals surface area contributed by atoms with Crippen LogP contribution in [0.4, 0.5) is 23.4 Å². The second kappa shape index (κ2) is 9.00. The molecular weight excluding hydrogens is 420 g/mol. The molecule has 2 aromatic carbocycles. The molecule has 1 heterocycles. The minimum atomic E-state index is -1.20. The molecule has 1 aromatic heterocycles. The van der Waals surface area contributed by atoms with E-state index in [1.54, 1.807) is 0 Å². The molecule has 3 rings (SSSR count). The summed E-state index contributed by atoms with van der Waals surface area (Å²) in [4.78, 5) is 25.0. The average Bonchev–Trinajstić information content (AvgIpc) is 2.69. The number of rotatable bonds is 7. The van der Waals surface area contributed by atoms with Crippen molar-refractivity contribution >= 4 is 11.6 Å². The third-order valence-corrected chi connectivity index (χ3v) is 4.34. The molecule has 0 spiro atoms. The summed E-state index contributed by atoms with van der Waals surface area (Å²) >= 11 is 0. The van der Waals surface area contributed by atoms with Gasteiger partial charge in [-0.2, -0.15) is 0 Å². The summed E-state index contributed by atoms with van der Waals surface area (Å²) in [6.07, 6.45) is 0.238. The number of nitrogens with zero attached hydrogens (tertiary/aromatic N) is 1. The highest BCUT2D eigenvalue weighted by atomic mass is 19.1. The van der Waals surface area contributed by atoms with E-state index in [-0.39, 0.29) is 25.4 Å². The lowest BCUT2D eigenvalue weighted by Gasteiger charge is -2.15. The average molecular weight is 436 g/mol. The molecule has 0 saturated heterocycles. The van der Waals surface area contributed by atoms with Crippen molar-refractivity contribution in [2.24, 2.45) is 0 Å². The number of ether oxygens (including phenoxy) is 1. The van der Waals surface area contributed by atoms with E-state index in [4.69, 9.17) is 15.6 Å². The van der Waals surface area contributed by atoms with Gasteiger partial charge in [0.2, 0.25) is 0 Å². The molecule has 0 fully saturated rings. The molecule has 6 nitrogen and oxygen atoms in total. The third-order valence-electron chi connectivity index (χ3n) is 4.34. The van der Waals surface area contributed by atoms with Gasteiger partial charge < -0.3 is 15.6 Å². The smallest absolute Gasteiger partial charge is 0.256 e. The van der Waals surface area contributed by atoms with Gasteiger partial charge in [0.05, 0.1) is 17.7 Å². The van der Waals surface area contributed by atoms with Crippen LogP contribution in [0.15, 0.2) is 47.3 Å². The van der Waals surface area contributed by atoms with Gasteiger partial charge in [0, 0.05) is 37.3 Å². The highest BCUT2D eigenvalue weighted by Crippen LogP contribution is 2.27. The molecule has 0 saturated carbocycles. The molecule has 162 valence electrons. The standard InChI is InChI=1S/C21H16F4N2O4/c22-11-2-3-13(15(23)8-11)20(30)14-4-5-18(29)27(21(14)26)19-16(24)9-12(10-17(19)25)31-7-1-6-28/h2-5,8-10,28H,1,6-7,26H2. The van der Waals surface area contributed by atoms with E-state index in [9.17, 15) is 27.2 Å². The van der Waals surface area contributed by atoms with Crippen molar-refractivity contribution in [3.8, 4) is 11.4 Å². The van der Waals surface area contributed by atoms with Crippen LogP contribution in [0, 0.1) is 23.3 Å². The monoisotopic (exact) mass is 436 g/mol. The summed E-state index contributed by atoms with van der Waals surface area (Å²) in [7, 11) is 0. The molecule has 31 heavy (non-hydrogen) atoms. The summed E-state index contributed by atoms with van der Waals surface area (Å²) in [5.41, 5.74) is 3.12. The summed E-state index contributed by atoms with van der Waals surface area (Å²) in [6, 6.07) is 5.70. The van der Waals surface area contributed by atoms with Crippen LogP contribution in [0.2, 0.25) is 0 Å². The van der Waals surface area contributed by atoms with E-state index in [1.165, 1.54) is 0 Å². The number of pyridine rings is 1. The summed E-state index contributed by atoms with van der Waals surface area (Å²) in [5, 5.41) is 8.74. The number of nitrogen functional groups attached to an aromatic ring is 1. The van der Waals surface area contributed by atoms with Crippen LogP contribution in [-0.2, 0) is 0 Å². The predicted molar refractivity (Wildman–Crippen MR) is 103 cm³/mol. The Labute approximate surface area is 173 Å². The van der Waals surface area contributed by atoms with Crippen LogP contribution >= 0.6 is 0 Å². The molecule has 3 aromatic rings. The van der Waals surface area contributed by atoms with Crippen LogP contribution in [0.25, 0.3) is 5.69 Å². The topological polar surface area (TPSA) is 94.6 Å². The van der Waals surface area contributed by atoms with Crippen molar-refractivity contribution in [2.75, 3.05) is 18.9 Å². The van der Waals surface area contributed by atoms with Gasteiger partial charge >= 0.3 is 0 Å². The second-order valence-electron chi connectivity index (χ2n) is 6.42. The van der Waals surface area contributed by atoms with Crippen LogP contribution in [0.3, 0.4) is 0 Å². The van der Waals surface area contributed by atoms with E-state index in [0.29, 0.717) is 10.6 Å². The van der Waals surface area contributed by atoms with Gasteiger partial charge in [-0.25, -0.2) is 17.6 Å². The first kappa shape index (κ1) is 22.0. The van der Waals surface area contributed by atoms with Gasteiger partial charge in [-0.1, -0.05) is 0 Å². The van der Waals surface area contributed by atoms with Crippen LogP contribution in [0.1, 0.15) is 22.3 Å². The van der Waals surface area contributed by atoms with Gasteiger partial charge in [-0.15, -0.1) is 0 Å². The Morgan fingerprint density at radius 3 is 2.23 bits per heavy atom. The Morgan fingerprint density at radius 2 is 1.61 bits per heavy atom. The van der Waals surface area contributed by atoms with Gasteiger partial charge in [0.1, 0.15) is 28.9 Å². The molecular formula is C21H16F4N2O4. The largest absolute Gasteiger partial charge is 0.493 e. The summed E-state index contributed by atoms with van der Waals surface area (Å²) < 4.78 is 62.0. The lowest BCUT2D eigenvalue weighted by molar-refractivity contribution is 0.103. The summed E-state index contributed by atoms with van der Waals surface area (Å²) in [5.74, 6) is -6.29. The van der Waals surface area contributed by atoms with Gasteiger partial charge in [-0.05, 0) is 18.2 Å². The Kier molecular flexibility index (Phi) is 6.40. The zero-order valence-electron chi connectivity index (χ0n) is 15.9. The van der Waals surface area contributed by atoms with Crippen molar-refractivity contribution in [1.82, 2.24) is 4.57 Å². The minimum Gasteiger partial charge on any atom is -0.493 e. The number of aromatic nitrogens is 1. The zero-order valence-corrected chi connectivity index (χ0v) is 15.9. The first-order chi connectivity index (χ1) is 14.7. The molecule has 0 unspecified atom stereocenters. The van der Waals surface area contributed by atoms with Crippen molar-refractivity contribution in [2.45, 2.75) is 6.42 Å². The SMILES string of the molecule is Nc1c(C(=O)c2ccc(F)cc2F)ccc(=O)n1-c1c(F)cc(OCCCO)cc1F. The number of aliphatic hydroxyl groups excluding tert-OH is 1. The lowest BCUT2D eigenvalue weighted by atomic mass is 10.0. The van der Waals surface area contributed by atoms with Crippen LogP contribution in [0.5, 0.6) is 5.75 Å².